The molecule has 0 fully saturated rings. The van der Waals surface area contributed by atoms with E-state index in [0.717, 1.165) is 26.8 Å². The van der Waals surface area contributed by atoms with Crippen LogP contribution in [0.5, 0.6) is 0 Å². The number of hydrogen-bond donors (Lipinski definition) is 1. The molecule has 0 aliphatic rings. The minimum Gasteiger partial charge on any atom is -0.331 e. The van der Waals surface area contributed by atoms with E-state index >= 15 is 0 Å². The summed E-state index contributed by atoms with van der Waals surface area (Å²) in [5.74, 6) is 0. The quantitative estimate of drug-likeness (QED) is 0.644. The fraction of sp³-hybridized carbons (Fsp3) is 0.143. The monoisotopic (exact) mass is 366 g/mol. The summed E-state index contributed by atoms with van der Waals surface area (Å²) < 4.78 is 3.71. The third-order valence-electron chi connectivity index (χ3n) is 3.19. The molecule has 3 aromatic rings. The molecule has 6 heteroatoms. The fourth-order valence-electron chi connectivity index (χ4n) is 2.40. The van der Waals surface area contributed by atoms with Gasteiger partial charge in [0.05, 0.1) is 11.2 Å². The van der Waals surface area contributed by atoms with Crippen molar-refractivity contribution in [3.8, 4) is 5.69 Å². The number of benzene rings is 1. The van der Waals surface area contributed by atoms with Gasteiger partial charge in [-0.25, -0.2) is 0 Å². The van der Waals surface area contributed by atoms with Crippen molar-refractivity contribution in [2.45, 2.75) is 13.8 Å². The predicted molar refractivity (Wildman–Crippen MR) is 89.8 cm³/mol. The van der Waals surface area contributed by atoms with Crippen molar-refractivity contribution in [1.29, 1.82) is 0 Å². The largest absolute Gasteiger partial charge is 0.331 e. The average molecular weight is 367 g/mol. The van der Waals surface area contributed by atoms with Gasteiger partial charge in [0.2, 0.25) is 0 Å². The average Bonchev–Trinajstić information content (AvgIpc) is 2.80. The molecule has 3 nitrogen and oxygen atoms in total. The Labute approximate surface area is 133 Å². The Balaban J connectivity index is 2.47. The van der Waals surface area contributed by atoms with E-state index in [1.165, 1.54) is 11.3 Å². The maximum Gasteiger partial charge on any atom is 0.276 e. The van der Waals surface area contributed by atoms with E-state index in [4.69, 9.17) is 12.2 Å². The van der Waals surface area contributed by atoms with Crippen LogP contribution in [0.1, 0.15) is 11.1 Å². The van der Waals surface area contributed by atoms with Crippen LogP contribution < -0.4 is 5.56 Å². The van der Waals surface area contributed by atoms with Crippen molar-refractivity contribution in [2.24, 2.45) is 0 Å². The second kappa shape index (κ2) is 4.95. The summed E-state index contributed by atoms with van der Waals surface area (Å²) in [5, 5.41) is 1.89. The van der Waals surface area contributed by atoms with E-state index in [0.29, 0.717) is 9.47 Å². The molecule has 20 heavy (non-hydrogen) atoms. The van der Waals surface area contributed by atoms with Crippen molar-refractivity contribution < 1.29 is 0 Å². The lowest BCUT2D eigenvalue weighted by Crippen LogP contribution is -2.21. The maximum absolute atomic E-state index is 12.7. The van der Waals surface area contributed by atoms with Gasteiger partial charge < -0.3 is 4.98 Å². The Morgan fingerprint density at radius 3 is 2.60 bits per heavy atom. The molecular weight excluding hydrogens is 356 g/mol. The standard InChI is InChI=1S/C14H11BrN2OS2/c1-7-5-9(15)6-8(2)11(7)17-13(18)12-10(3-4-20-12)16-14(17)19/h3-6H,1-2H3,(H,16,19). The molecule has 0 aliphatic heterocycles. The van der Waals surface area contributed by atoms with Gasteiger partial charge in [0, 0.05) is 4.47 Å². The molecule has 0 saturated heterocycles. The first kappa shape index (κ1) is 13.7. The first-order chi connectivity index (χ1) is 9.49. The number of nitrogens with one attached hydrogen (secondary N) is 1. The minimum atomic E-state index is -0.0627. The van der Waals surface area contributed by atoms with Crippen LogP contribution in [0.2, 0.25) is 0 Å². The molecule has 3 rings (SSSR count). The fourth-order valence-corrected chi connectivity index (χ4v) is 4.15. The molecule has 102 valence electrons. The van der Waals surface area contributed by atoms with Crippen LogP contribution in [0.15, 0.2) is 32.8 Å². The molecule has 1 aromatic carbocycles. The Morgan fingerprint density at radius 2 is 1.95 bits per heavy atom. The number of hydrogen-bond acceptors (Lipinski definition) is 3. The number of aryl methyl sites for hydroxylation is 2. The van der Waals surface area contributed by atoms with Gasteiger partial charge >= 0.3 is 0 Å². The lowest BCUT2D eigenvalue weighted by molar-refractivity contribution is 0.923. The van der Waals surface area contributed by atoms with E-state index in [2.05, 4.69) is 20.9 Å². The van der Waals surface area contributed by atoms with E-state index < -0.39 is 0 Å². The molecule has 0 radical (unpaired) electrons. The van der Waals surface area contributed by atoms with Crippen molar-refractivity contribution in [1.82, 2.24) is 9.55 Å². The number of aromatic nitrogens is 2. The highest BCUT2D eigenvalue weighted by Gasteiger charge is 2.13. The van der Waals surface area contributed by atoms with Gasteiger partial charge in [-0.2, -0.15) is 0 Å². The number of H-pyrrole nitrogens is 1. The van der Waals surface area contributed by atoms with Crippen LogP contribution in [-0.4, -0.2) is 9.55 Å². The molecule has 0 saturated carbocycles. The van der Waals surface area contributed by atoms with Crippen molar-refractivity contribution >= 4 is 49.7 Å². The number of nitrogens with zero attached hydrogens (tertiary/aromatic N) is 1. The zero-order chi connectivity index (χ0) is 14.4. The second-order valence-electron chi connectivity index (χ2n) is 4.62. The number of rotatable bonds is 1. The topological polar surface area (TPSA) is 37.8 Å². The lowest BCUT2D eigenvalue weighted by Gasteiger charge is -2.13. The van der Waals surface area contributed by atoms with E-state index in [1.807, 2.05) is 37.4 Å². The number of fused-ring (bicyclic) bond motifs is 1. The third kappa shape index (κ3) is 2.08. The molecule has 2 aromatic heterocycles. The van der Waals surface area contributed by atoms with Crippen molar-refractivity contribution in [2.75, 3.05) is 0 Å². The highest BCUT2D eigenvalue weighted by molar-refractivity contribution is 9.10. The first-order valence-corrected chi connectivity index (χ1v) is 8.07. The Hall–Kier alpha value is -1.24. The normalized spacial score (nSPS) is 11.2. The van der Waals surface area contributed by atoms with E-state index in [-0.39, 0.29) is 5.56 Å². The highest BCUT2D eigenvalue weighted by atomic mass is 79.9. The van der Waals surface area contributed by atoms with E-state index in [9.17, 15) is 4.79 Å². The molecule has 0 aliphatic carbocycles. The van der Waals surface area contributed by atoms with Gasteiger partial charge in [-0.1, -0.05) is 15.9 Å². The summed E-state index contributed by atoms with van der Waals surface area (Å²) in [5.41, 5.74) is 3.61. The number of halogens is 1. The van der Waals surface area contributed by atoms with Gasteiger partial charge in [-0.05, 0) is 60.8 Å². The zero-order valence-electron chi connectivity index (χ0n) is 10.9. The summed E-state index contributed by atoms with van der Waals surface area (Å²) in [6.45, 7) is 3.96. The molecule has 0 atom stereocenters. The summed E-state index contributed by atoms with van der Waals surface area (Å²) in [4.78, 5) is 15.8. The van der Waals surface area contributed by atoms with Gasteiger partial charge in [-0.3, -0.25) is 9.36 Å². The van der Waals surface area contributed by atoms with Crippen molar-refractivity contribution in [3.05, 3.63) is 54.3 Å². The summed E-state index contributed by atoms with van der Waals surface area (Å²) in [6.07, 6.45) is 0. The molecular formula is C14H11BrN2OS2. The summed E-state index contributed by atoms with van der Waals surface area (Å²) in [6, 6.07) is 5.85. The van der Waals surface area contributed by atoms with Crippen LogP contribution >= 0.6 is 39.5 Å². The summed E-state index contributed by atoms with van der Waals surface area (Å²) in [7, 11) is 0. The Morgan fingerprint density at radius 1 is 1.30 bits per heavy atom. The Bertz CT molecular complexity index is 913. The molecule has 0 spiro atoms. The predicted octanol–water partition coefficient (Wildman–Crippen LogP) is 4.49. The lowest BCUT2D eigenvalue weighted by atomic mass is 10.1. The van der Waals surface area contributed by atoms with Gasteiger partial charge in [0.15, 0.2) is 4.77 Å². The first-order valence-electron chi connectivity index (χ1n) is 5.98. The van der Waals surface area contributed by atoms with Gasteiger partial charge in [0.1, 0.15) is 4.70 Å². The van der Waals surface area contributed by atoms with Gasteiger partial charge in [0.25, 0.3) is 5.56 Å². The molecule has 0 amide bonds. The van der Waals surface area contributed by atoms with Crippen LogP contribution in [0.3, 0.4) is 0 Å². The molecule has 0 bridgehead atoms. The number of aromatic amines is 1. The molecule has 2 heterocycles. The van der Waals surface area contributed by atoms with Crippen LogP contribution in [0, 0.1) is 18.6 Å². The third-order valence-corrected chi connectivity index (χ3v) is 4.83. The Kier molecular flexibility index (Phi) is 3.40. The van der Waals surface area contributed by atoms with Crippen molar-refractivity contribution in [3.63, 3.8) is 0 Å². The molecule has 0 unspecified atom stereocenters. The smallest absolute Gasteiger partial charge is 0.276 e. The minimum absolute atomic E-state index is 0.0627. The van der Waals surface area contributed by atoms with Crippen LogP contribution in [0.25, 0.3) is 15.9 Å². The number of thiophene rings is 1. The highest BCUT2D eigenvalue weighted by Crippen LogP contribution is 2.24. The van der Waals surface area contributed by atoms with Gasteiger partial charge in [-0.15, -0.1) is 11.3 Å². The van der Waals surface area contributed by atoms with Crippen LogP contribution in [0.4, 0.5) is 0 Å². The molecule has 1 N–H and O–H groups in total. The second-order valence-corrected chi connectivity index (χ2v) is 6.84. The SMILES string of the molecule is Cc1cc(Br)cc(C)c1-n1c(=S)[nH]c2ccsc2c1=O. The van der Waals surface area contributed by atoms with Crippen LogP contribution in [-0.2, 0) is 0 Å². The summed E-state index contributed by atoms with van der Waals surface area (Å²) >= 11 is 10.3. The maximum atomic E-state index is 12.7. The zero-order valence-corrected chi connectivity index (χ0v) is 14.1. The van der Waals surface area contributed by atoms with E-state index in [1.54, 1.807) is 4.57 Å².